The SMILES string of the molecule is COC(=O)[C@@H]1CCCN1P1(=O)OCCS1. The first kappa shape index (κ1) is 11.5. The van der Waals surface area contributed by atoms with Crippen LogP contribution in [0.3, 0.4) is 0 Å². The van der Waals surface area contributed by atoms with Gasteiger partial charge in [0.1, 0.15) is 6.04 Å². The van der Waals surface area contributed by atoms with Gasteiger partial charge in [0.15, 0.2) is 0 Å². The minimum atomic E-state index is -2.79. The molecule has 0 bridgehead atoms. The van der Waals surface area contributed by atoms with Crippen molar-refractivity contribution in [1.82, 2.24) is 4.67 Å². The van der Waals surface area contributed by atoms with Crippen molar-refractivity contribution in [2.45, 2.75) is 18.9 Å². The van der Waals surface area contributed by atoms with E-state index in [1.807, 2.05) is 0 Å². The number of carbonyl (C=O) groups excluding carboxylic acids is 1. The zero-order valence-corrected chi connectivity index (χ0v) is 10.3. The highest BCUT2D eigenvalue weighted by Gasteiger charge is 2.46. The molecule has 1 unspecified atom stereocenters. The van der Waals surface area contributed by atoms with Crippen molar-refractivity contribution in [3.8, 4) is 0 Å². The maximum absolute atomic E-state index is 12.3. The van der Waals surface area contributed by atoms with Crippen LogP contribution in [0.4, 0.5) is 0 Å². The number of ether oxygens (including phenoxy) is 1. The third-order valence-corrected chi connectivity index (χ3v) is 7.37. The predicted molar refractivity (Wildman–Crippen MR) is 57.8 cm³/mol. The molecule has 2 heterocycles. The lowest BCUT2D eigenvalue weighted by Gasteiger charge is -2.26. The van der Waals surface area contributed by atoms with Crippen LogP contribution in [0.5, 0.6) is 0 Å². The van der Waals surface area contributed by atoms with Crippen molar-refractivity contribution in [2.24, 2.45) is 0 Å². The van der Waals surface area contributed by atoms with Crippen molar-refractivity contribution in [3.05, 3.63) is 0 Å². The summed E-state index contributed by atoms with van der Waals surface area (Å²) < 4.78 is 24.0. The fourth-order valence-corrected chi connectivity index (χ4v) is 6.45. The van der Waals surface area contributed by atoms with Gasteiger partial charge in [-0.25, -0.2) is 4.67 Å². The van der Waals surface area contributed by atoms with Crippen molar-refractivity contribution in [2.75, 3.05) is 26.0 Å². The van der Waals surface area contributed by atoms with Crippen LogP contribution in [0, 0.1) is 0 Å². The molecular weight excluding hydrogens is 237 g/mol. The van der Waals surface area contributed by atoms with Crippen LogP contribution in [0.25, 0.3) is 0 Å². The lowest BCUT2D eigenvalue weighted by atomic mass is 10.2. The standard InChI is InChI=1S/C8H14NO4PS/c1-12-8(10)7-3-2-4-9(7)14(11)13-5-6-15-14/h7H,2-6H2,1H3/t7-,14?/m0/s1. The smallest absolute Gasteiger partial charge is 0.330 e. The molecule has 86 valence electrons. The van der Waals surface area contributed by atoms with E-state index in [0.717, 1.165) is 12.2 Å². The molecule has 0 saturated carbocycles. The number of nitrogens with zero attached hydrogens (tertiary/aromatic N) is 1. The molecular formula is C8H14NO4PS. The maximum Gasteiger partial charge on any atom is 0.330 e. The van der Waals surface area contributed by atoms with E-state index >= 15 is 0 Å². The van der Waals surface area contributed by atoms with Crippen LogP contribution >= 0.6 is 18.1 Å². The summed E-state index contributed by atoms with van der Waals surface area (Å²) in [4.78, 5) is 11.5. The summed E-state index contributed by atoms with van der Waals surface area (Å²) in [5.41, 5.74) is 0. The second kappa shape index (κ2) is 4.45. The van der Waals surface area contributed by atoms with Crippen LogP contribution in [0.2, 0.25) is 0 Å². The fourth-order valence-electron chi connectivity index (χ4n) is 1.91. The molecule has 0 spiro atoms. The van der Waals surface area contributed by atoms with Gasteiger partial charge in [-0.15, -0.1) is 0 Å². The summed E-state index contributed by atoms with van der Waals surface area (Å²) in [6, 6.07) is -0.383. The molecule has 5 nitrogen and oxygen atoms in total. The number of hydrogen-bond acceptors (Lipinski definition) is 5. The zero-order valence-electron chi connectivity index (χ0n) is 8.55. The molecule has 0 N–H and O–H groups in total. The van der Waals surface area contributed by atoms with Gasteiger partial charge in [0.05, 0.1) is 13.7 Å². The summed E-state index contributed by atoms with van der Waals surface area (Å²) in [5, 5.41) is 0. The largest absolute Gasteiger partial charge is 0.468 e. The Hall–Kier alpha value is -0.0300. The summed E-state index contributed by atoms with van der Waals surface area (Å²) in [7, 11) is 1.36. The minimum absolute atomic E-state index is 0.307. The van der Waals surface area contributed by atoms with Gasteiger partial charge in [-0.05, 0) is 12.8 Å². The molecule has 15 heavy (non-hydrogen) atoms. The van der Waals surface area contributed by atoms with E-state index in [9.17, 15) is 9.36 Å². The van der Waals surface area contributed by atoms with Gasteiger partial charge in [-0.2, -0.15) is 0 Å². The van der Waals surface area contributed by atoms with Gasteiger partial charge in [0, 0.05) is 12.3 Å². The Balaban J connectivity index is 2.14. The van der Waals surface area contributed by atoms with E-state index in [-0.39, 0.29) is 12.0 Å². The summed E-state index contributed by atoms with van der Waals surface area (Å²) in [5.74, 6) is 0.431. The predicted octanol–water partition coefficient (Wildman–Crippen LogP) is 1.50. The van der Waals surface area contributed by atoms with Crippen LogP contribution in [0.1, 0.15) is 12.8 Å². The number of esters is 1. The number of carbonyl (C=O) groups is 1. The molecule has 2 aliphatic heterocycles. The zero-order chi connectivity index (χ0) is 10.9. The molecule has 2 aliphatic rings. The molecule has 0 aromatic rings. The summed E-state index contributed by atoms with van der Waals surface area (Å²) >= 11 is 1.33. The molecule has 0 aromatic heterocycles. The lowest BCUT2D eigenvalue weighted by molar-refractivity contribution is -0.144. The summed E-state index contributed by atoms with van der Waals surface area (Å²) in [6.07, 6.45) is 1.58. The third-order valence-electron chi connectivity index (χ3n) is 2.60. The third kappa shape index (κ3) is 2.09. The summed E-state index contributed by atoms with van der Waals surface area (Å²) in [6.45, 7) is -1.63. The van der Waals surface area contributed by atoms with Gasteiger partial charge in [-0.1, -0.05) is 11.4 Å². The van der Waals surface area contributed by atoms with Crippen LogP contribution < -0.4 is 0 Å². The van der Waals surface area contributed by atoms with Crippen molar-refractivity contribution in [3.63, 3.8) is 0 Å². The molecule has 0 aromatic carbocycles. The molecule has 2 rings (SSSR count). The van der Waals surface area contributed by atoms with E-state index in [1.54, 1.807) is 4.67 Å². The Morgan fingerprint density at radius 1 is 1.67 bits per heavy atom. The fraction of sp³-hybridized carbons (Fsp3) is 0.875. The highest BCUT2D eigenvalue weighted by atomic mass is 32.7. The van der Waals surface area contributed by atoms with Crippen LogP contribution in [-0.2, 0) is 18.6 Å². The highest BCUT2D eigenvalue weighted by molar-refractivity contribution is 8.56. The van der Waals surface area contributed by atoms with Crippen LogP contribution in [0.15, 0.2) is 0 Å². The molecule has 2 saturated heterocycles. The van der Waals surface area contributed by atoms with Gasteiger partial charge in [-0.3, -0.25) is 9.36 Å². The van der Waals surface area contributed by atoms with Crippen molar-refractivity contribution in [1.29, 1.82) is 0 Å². The van der Waals surface area contributed by atoms with Crippen molar-refractivity contribution < 1.29 is 18.6 Å². The second-order valence-corrected chi connectivity index (χ2v) is 8.01. The van der Waals surface area contributed by atoms with Gasteiger partial charge < -0.3 is 9.26 Å². The Bertz CT molecular complexity index is 301. The first-order valence-corrected chi connectivity index (χ1v) is 8.08. The van der Waals surface area contributed by atoms with E-state index in [2.05, 4.69) is 0 Å². The lowest BCUT2D eigenvalue weighted by Crippen LogP contribution is -2.33. The topological polar surface area (TPSA) is 55.8 Å². The molecule has 7 heteroatoms. The van der Waals surface area contributed by atoms with E-state index in [4.69, 9.17) is 9.26 Å². The molecule has 0 amide bonds. The second-order valence-electron chi connectivity index (χ2n) is 3.48. The van der Waals surface area contributed by atoms with Crippen LogP contribution in [-0.4, -0.2) is 42.7 Å². The average molecular weight is 251 g/mol. The number of hydrogen-bond donors (Lipinski definition) is 0. The number of methoxy groups -OCH3 is 1. The van der Waals surface area contributed by atoms with Gasteiger partial charge in [0.25, 0.3) is 0 Å². The van der Waals surface area contributed by atoms with Gasteiger partial charge in [0.2, 0.25) is 0 Å². The van der Waals surface area contributed by atoms with E-state index in [1.165, 1.54) is 18.5 Å². The van der Waals surface area contributed by atoms with Crippen molar-refractivity contribution >= 4 is 24.1 Å². The average Bonchev–Trinajstić information content (AvgIpc) is 2.85. The molecule has 0 radical (unpaired) electrons. The minimum Gasteiger partial charge on any atom is -0.468 e. The first-order chi connectivity index (χ1) is 7.17. The Labute approximate surface area is 92.7 Å². The Morgan fingerprint density at radius 2 is 2.47 bits per heavy atom. The van der Waals surface area contributed by atoms with E-state index < -0.39 is 6.72 Å². The first-order valence-electron chi connectivity index (χ1n) is 4.91. The molecule has 2 atom stereocenters. The Morgan fingerprint density at radius 3 is 3.07 bits per heavy atom. The van der Waals surface area contributed by atoms with Gasteiger partial charge >= 0.3 is 12.7 Å². The number of rotatable bonds is 2. The molecule has 0 aliphatic carbocycles. The normalized spacial score (nSPS) is 37.0. The van der Waals surface area contributed by atoms with E-state index in [0.29, 0.717) is 19.6 Å². The maximum atomic E-state index is 12.3. The Kier molecular flexibility index (Phi) is 3.40. The monoisotopic (exact) mass is 251 g/mol. The highest BCUT2D eigenvalue weighted by Crippen LogP contribution is 2.67. The molecule has 2 fully saturated rings. The quantitative estimate of drug-likeness (QED) is 0.547.